The highest BCUT2D eigenvalue weighted by Crippen LogP contribution is 2.27. The predicted molar refractivity (Wildman–Crippen MR) is 134 cm³/mol. The Bertz CT molecular complexity index is 1350. The molecular weight excluding hydrogens is 548 g/mol. The number of halogens is 1. The second kappa shape index (κ2) is 11.1. The Morgan fingerprint density at radius 3 is 2.19 bits per heavy atom. The van der Waals surface area contributed by atoms with Crippen LogP contribution in [0.3, 0.4) is 0 Å². The normalized spacial score (nSPS) is 14.8. The maximum absolute atomic E-state index is 12.5. The summed E-state index contributed by atoms with van der Waals surface area (Å²) in [5, 5.41) is 10.8. The van der Waals surface area contributed by atoms with Crippen molar-refractivity contribution in [3.05, 3.63) is 98.5 Å². The van der Waals surface area contributed by atoms with E-state index in [2.05, 4.69) is 15.9 Å². The monoisotopic (exact) mass is 566 g/mol. The largest absolute Gasteiger partial charge is 0.457 e. The van der Waals surface area contributed by atoms with Crippen LogP contribution in [0.1, 0.15) is 27.1 Å². The van der Waals surface area contributed by atoms with Crippen LogP contribution in [-0.4, -0.2) is 41.7 Å². The molecule has 1 saturated heterocycles. The van der Waals surface area contributed by atoms with E-state index >= 15 is 0 Å². The van der Waals surface area contributed by atoms with Gasteiger partial charge >= 0.3 is 11.9 Å². The van der Waals surface area contributed by atoms with E-state index in [4.69, 9.17) is 9.47 Å². The predicted octanol–water partition coefficient (Wildman–Crippen LogP) is 4.36. The molecule has 1 aliphatic rings. The standard InChI is InChI=1S/C26H19BrN2O8/c27-19-5-1-17(2-6-19)26(33)37-22-11-3-16(4-12-22)23(30)15-36-25(32)18-13-24(31)28(14-18)20-7-9-21(10-8-20)29(34)35/h1-12,18H,13-15H2/t18-/m0/s1. The summed E-state index contributed by atoms with van der Waals surface area (Å²) >= 11 is 3.29. The molecule has 1 amide bonds. The smallest absolute Gasteiger partial charge is 0.343 e. The van der Waals surface area contributed by atoms with E-state index in [1.165, 1.54) is 53.4 Å². The van der Waals surface area contributed by atoms with Crippen molar-refractivity contribution in [2.45, 2.75) is 6.42 Å². The molecule has 0 spiro atoms. The van der Waals surface area contributed by atoms with Gasteiger partial charge in [0.2, 0.25) is 5.91 Å². The summed E-state index contributed by atoms with van der Waals surface area (Å²) in [6, 6.07) is 17.9. The number of amides is 1. The molecule has 0 aliphatic carbocycles. The Morgan fingerprint density at radius 2 is 1.57 bits per heavy atom. The van der Waals surface area contributed by atoms with Crippen molar-refractivity contribution in [2.75, 3.05) is 18.1 Å². The van der Waals surface area contributed by atoms with Crippen molar-refractivity contribution in [1.82, 2.24) is 0 Å². The third kappa shape index (κ3) is 6.25. The number of esters is 2. The molecule has 4 rings (SSSR count). The van der Waals surface area contributed by atoms with Gasteiger partial charge in [0, 0.05) is 40.8 Å². The topological polar surface area (TPSA) is 133 Å². The zero-order valence-electron chi connectivity index (χ0n) is 19.2. The van der Waals surface area contributed by atoms with Crippen LogP contribution in [0, 0.1) is 16.0 Å². The Balaban J connectivity index is 1.28. The number of nitrogens with zero attached hydrogens (tertiary/aromatic N) is 2. The zero-order chi connectivity index (χ0) is 26.5. The third-order valence-electron chi connectivity index (χ3n) is 5.64. The van der Waals surface area contributed by atoms with Crippen molar-refractivity contribution in [2.24, 2.45) is 5.92 Å². The minimum Gasteiger partial charge on any atom is -0.457 e. The fourth-order valence-corrected chi connectivity index (χ4v) is 3.93. The number of nitro benzene ring substituents is 1. The Hall–Kier alpha value is -4.38. The average Bonchev–Trinajstić information content (AvgIpc) is 3.29. The van der Waals surface area contributed by atoms with Crippen molar-refractivity contribution in [1.29, 1.82) is 0 Å². The fourth-order valence-electron chi connectivity index (χ4n) is 3.67. The molecular formula is C26H19BrN2O8. The van der Waals surface area contributed by atoms with E-state index in [1.54, 1.807) is 24.3 Å². The van der Waals surface area contributed by atoms with Gasteiger partial charge < -0.3 is 14.4 Å². The number of non-ortho nitro benzene ring substituents is 1. The minimum atomic E-state index is -0.768. The van der Waals surface area contributed by atoms with Crippen molar-refractivity contribution < 1.29 is 33.6 Å². The number of hydrogen-bond donors (Lipinski definition) is 0. The first-order valence-electron chi connectivity index (χ1n) is 11.0. The number of Topliss-reactive ketones (excluding diaryl/α,β-unsaturated/α-hetero) is 1. The number of benzene rings is 3. The summed E-state index contributed by atoms with van der Waals surface area (Å²) in [6.07, 6.45) is -0.0948. The lowest BCUT2D eigenvalue weighted by atomic mass is 10.1. The van der Waals surface area contributed by atoms with Crippen molar-refractivity contribution >= 4 is 50.9 Å². The summed E-state index contributed by atoms with van der Waals surface area (Å²) in [5.41, 5.74) is 0.947. The summed E-state index contributed by atoms with van der Waals surface area (Å²) in [4.78, 5) is 61.1. The Labute approximate surface area is 219 Å². The second-order valence-corrected chi connectivity index (χ2v) is 9.05. The number of carbonyl (C=O) groups is 4. The molecule has 11 heteroatoms. The second-order valence-electron chi connectivity index (χ2n) is 8.13. The van der Waals surface area contributed by atoms with Crippen LogP contribution >= 0.6 is 15.9 Å². The molecule has 3 aromatic carbocycles. The van der Waals surface area contributed by atoms with Crippen molar-refractivity contribution in [3.63, 3.8) is 0 Å². The van der Waals surface area contributed by atoms with Crippen LogP contribution in [-0.2, 0) is 14.3 Å². The number of ketones is 1. The van der Waals surface area contributed by atoms with Gasteiger partial charge in [0.1, 0.15) is 5.75 Å². The first-order chi connectivity index (χ1) is 17.7. The SMILES string of the molecule is O=C(COC(=O)[C@H]1CC(=O)N(c2ccc([N+](=O)[O-])cc2)C1)c1ccc(OC(=O)c2ccc(Br)cc2)cc1. The maximum Gasteiger partial charge on any atom is 0.343 e. The maximum atomic E-state index is 12.5. The number of hydrogen-bond acceptors (Lipinski definition) is 8. The van der Waals surface area contributed by atoms with E-state index in [9.17, 15) is 29.3 Å². The van der Waals surface area contributed by atoms with Crippen LogP contribution in [0.15, 0.2) is 77.3 Å². The van der Waals surface area contributed by atoms with Gasteiger partial charge in [-0.3, -0.25) is 24.5 Å². The molecule has 10 nitrogen and oxygen atoms in total. The first kappa shape index (κ1) is 25.7. The van der Waals surface area contributed by atoms with Crippen LogP contribution in [0.5, 0.6) is 5.75 Å². The Kier molecular flexibility index (Phi) is 7.73. The highest BCUT2D eigenvalue weighted by atomic mass is 79.9. The fraction of sp³-hybridized carbons (Fsp3) is 0.154. The van der Waals surface area contributed by atoms with Gasteiger partial charge in [-0.2, -0.15) is 0 Å². The lowest BCUT2D eigenvalue weighted by molar-refractivity contribution is -0.384. The van der Waals surface area contributed by atoms with Gasteiger partial charge in [0.05, 0.1) is 16.4 Å². The molecule has 0 N–H and O–H groups in total. The molecule has 1 atom stereocenters. The van der Waals surface area contributed by atoms with E-state index in [0.717, 1.165) is 4.47 Å². The van der Waals surface area contributed by atoms with E-state index in [1.807, 2.05) is 0 Å². The molecule has 0 unspecified atom stereocenters. The molecule has 0 radical (unpaired) electrons. The van der Waals surface area contributed by atoms with Gasteiger partial charge in [0.25, 0.3) is 5.69 Å². The van der Waals surface area contributed by atoms with Crippen molar-refractivity contribution in [3.8, 4) is 5.75 Å². The summed E-state index contributed by atoms with van der Waals surface area (Å²) in [5.74, 6) is -2.54. The highest BCUT2D eigenvalue weighted by Gasteiger charge is 2.36. The number of rotatable bonds is 8. The molecule has 1 heterocycles. The number of anilines is 1. The van der Waals surface area contributed by atoms with Gasteiger partial charge in [-0.25, -0.2) is 4.79 Å². The van der Waals surface area contributed by atoms with Gasteiger partial charge in [-0.05, 0) is 60.7 Å². The summed E-state index contributed by atoms with van der Waals surface area (Å²) in [6.45, 7) is -0.471. The van der Waals surface area contributed by atoms with Gasteiger partial charge in [-0.1, -0.05) is 15.9 Å². The highest BCUT2D eigenvalue weighted by molar-refractivity contribution is 9.10. The van der Waals surface area contributed by atoms with E-state index in [0.29, 0.717) is 11.3 Å². The van der Waals surface area contributed by atoms with Gasteiger partial charge in [0.15, 0.2) is 12.4 Å². The lowest BCUT2D eigenvalue weighted by Gasteiger charge is -2.16. The third-order valence-corrected chi connectivity index (χ3v) is 6.17. The average molecular weight is 567 g/mol. The molecule has 0 bridgehead atoms. The number of nitro groups is 1. The van der Waals surface area contributed by atoms with Crippen LogP contribution in [0.25, 0.3) is 0 Å². The van der Waals surface area contributed by atoms with E-state index in [-0.39, 0.29) is 35.9 Å². The summed E-state index contributed by atoms with van der Waals surface area (Å²) in [7, 11) is 0. The number of carbonyl (C=O) groups excluding carboxylic acids is 4. The minimum absolute atomic E-state index is 0.0437. The first-order valence-corrected chi connectivity index (χ1v) is 11.8. The molecule has 0 aromatic heterocycles. The zero-order valence-corrected chi connectivity index (χ0v) is 20.8. The van der Waals surface area contributed by atoms with Gasteiger partial charge in [-0.15, -0.1) is 0 Å². The molecule has 37 heavy (non-hydrogen) atoms. The number of ether oxygens (including phenoxy) is 2. The Morgan fingerprint density at radius 1 is 0.946 bits per heavy atom. The molecule has 188 valence electrons. The van der Waals surface area contributed by atoms with Crippen LogP contribution in [0.4, 0.5) is 11.4 Å². The molecule has 0 saturated carbocycles. The molecule has 3 aromatic rings. The van der Waals surface area contributed by atoms with Crippen LogP contribution < -0.4 is 9.64 Å². The van der Waals surface area contributed by atoms with E-state index < -0.39 is 35.2 Å². The molecule has 1 aliphatic heterocycles. The lowest BCUT2D eigenvalue weighted by Crippen LogP contribution is -2.27. The molecule has 1 fully saturated rings. The van der Waals surface area contributed by atoms with Crippen LogP contribution in [0.2, 0.25) is 0 Å². The quantitative estimate of drug-likeness (QED) is 0.129. The summed E-state index contributed by atoms with van der Waals surface area (Å²) < 4.78 is 11.3.